The van der Waals surface area contributed by atoms with Crippen LogP contribution in [0.25, 0.3) is 11.0 Å². The number of imidazole rings is 1. The molecule has 0 aliphatic carbocycles. The second-order valence-corrected chi connectivity index (χ2v) is 5.71. The Hall–Kier alpha value is -2.62. The van der Waals surface area contributed by atoms with Crippen molar-refractivity contribution in [1.29, 1.82) is 0 Å². The summed E-state index contributed by atoms with van der Waals surface area (Å²) >= 11 is 0. The maximum atomic E-state index is 13.1. The van der Waals surface area contributed by atoms with Gasteiger partial charge in [0.15, 0.2) is 0 Å². The molecule has 0 unspecified atom stereocenters. The number of hydrogen-bond donors (Lipinski definition) is 1. The summed E-state index contributed by atoms with van der Waals surface area (Å²) < 4.78 is 0. The average molecular weight is 291 g/mol. The minimum absolute atomic E-state index is 0.0317. The van der Waals surface area contributed by atoms with Crippen LogP contribution in [0.4, 0.5) is 5.69 Å². The number of fused-ring (bicyclic) bond motifs is 2. The zero-order chi connectivity index (χ0) is 15.1. The maximum absolute atomic E-state index is 13.1. The molecule has 0 radical (unpaired) electrons. The molecule has 2 aromatic carbocycles. The lowest BCUT2D eigenvalue weighted by Gasteiger charge is -2.29. The number of nitrogens with one attached hydrogen (secondary N) is 1. The number of aromatic nitrogens is 2. The molecule has 4 nitrogen and oxygen atoms in total. The Morgan fingerprint density at radius 1 is 1.18 bits per heavy atom. The van der Waals surface area contributed by atoms with Crippen LogP contribution < -0.4 is 4.90 Å². The number of H-pyrrole nitrogens is 1. The van der Waals surface area contributed by atoms with Crippen molar-refractivity contribution in [2.24, 2.45) is 0 Å². The van der Waals surface area contributed by atoms with E-state index in [-0.39, 0.29) is 5.91 Å². The van der Waals surface area contributed by atoms with Crippen LogP contribution in [-0.4, -0.2) is 22.4 Å². The van der Waals surface area contributed by atoms with Gasteiger partial charge in [-0.1, -0.05) is 24.3 Å². The fourth-order valence-electron chi connectivity index (χ4n) is 3.22. The summed E-state index contributed by atoms with van der Waals surface area (Å²) in [5.41, 5.74) is 4.61. The lowest BCUT2D eigenvalue weighted by atomic mass is 10.0. The Labute approximate surface area is 128 Å². The summed E-state index contributed by atoms with van der Waals surface area (Å²) in [7, 11) is 0. The van der Waals surface area contributed by atoms with E-state index in [0.717, 1.165) is 41.9 Å². The second kappa shape index (κ2) is 4.98. The van der Waals surface area contributed by atoms with Crippen LogP contribution in [0.1, 0.15) is 28.2 Å². The highest BCUT2D eigenvalue weighted by atomic mass is 16.2. The molecule has 1 aliphatic heterocycles. The minimum atomic E-state index is 0.0317. The van der Waals surface area contributed by atoms with E-state index in [1.807, 2.05) is 48.2 Å². The molecule has 0 bridgehead atoms. The quantitative estimate of drug-likeness (QED) is 0.746. The Balaban J connectivity index is 1.82. The predicted molar refractivity (Wildman–Crippen MR) is 87.3 cm³/mol. The fraction of sp³-hybridized carbons (Fsp3) is 0.222. The summed E-state index contributed by atoms with van der Waals surface area (Å²) in [5, 5.41) is 0. The molecule has 4 rings (SSSR count). The number of aromatic amines is 1. The highest BCUT2D eigenvalue weighted by Crippen LogP contribution is 2.29. The van der Waals surface area contributed by atoms with E-state index < -0.39 is 0 Å². The number of rotatable bonds is 1. The molecule has 0 atom stereocenters. The number of hydrogen-bond acceptors (Lipinski definition) is 2. The molecular weight excluding hydrogens is 274 g/mol. The van der Waals surface area contributed by atoms with Gasteiger partial charge in [-0.2, -0.15) is 0 Å². The molecule has 4 heteroatoms. The molecule has 110 valence electrons. The van der Waals surface area contributed by atoms with E-state index in [2.05, 4.69) is 16.0 Å². The third-order valence-electron chi connectivity index (χ3n) is 4.22. The van der Waals surface area contributed by atoms with Gasteiger partial charge in [-0.15, -0.1) is 0 Å². The Morgan fingerprint density at radius 3 is 2.95 bits per heavy atom. The molecule has 0 fully saturated rings. The van der Waals surface area contributed by atoms with Gasteiger partial charge in [0.05, 0.1) is 11.1 Å². The summed E-state index contributed by atoms with van der Waals surface area (Å²) in [5.74, 6) is 0.860. The third-order valence-corrected chi connectivity index (χ3v) is 4.22. The first-order valence-corrected chi connectivity index (χ1v) is 7.59. The molecule has 0 saturated heterocycles. The highest BCUT2D eigenvalue weighted by molar-refractivity contribution is 6.13. The summed E-state index contributed by atoms with van der Waals surface area (Å²) in [6.07, 6.45) is 2.03. The monoisotopic (exact) mass is 291 g/mol. The lowest BCUT2D eigenvalue weighted by molar-refractivity contribution is 0.0986. The van der Waals surface area contributed by atoms with E-state index in [0.29, 0.717) is 5.56 Å². The molecule has 1 amide bonds. The molecule has 1 aliphatic rings. The van der Waals surface area contributed by atoms with Crippen molar-refractivity contribution in [2.45, 2.75) is 19.8 Å². The zero-order valence-electron chi connectivity index (χ0n) is 12.5. The van der Waals surface area contributed by atoms with E-state index in [1.54, 1.807) is 0 Å². The minimum Gasteiger partial charge on any atom is -0.342 e. The van der Waals surface area contributed by atoms with Crippen molar-refractivity contribution in [3.8, 4) is 0 Å². The van der Waals surface area contributed by atoms with Gasteiger partial charge >= 0.3 is 0 Å². The van der Waals surface area contributed by atoms with Gasteiger partial charge in [0.25, 0.3) is 5.91 Å². The average Bonchev–Trinajstić information content (AvgIpc) is 2.93. The predicted octanol–water partition coefficient (Wildman–Crippen LogP) is 3.46. The van der Waals surface area contributed by atoms with Crippen molar-refractivity contribution < 1.29 is 4.79 Å². The molecule has 3 aromatic rings. The molecule has 1 aromatic heterocycles. The summed E-state index contributed by atoms with van der Waals surface area (Å²) in [6, 6.07) is 13.9. The van der Waals surface area contributed by atoms with Gasteiger partial charge < -0.3 is 9.88 Å². The standard InChI is InChI=1S/C18H17N3O/c1-12-19-15-9-4-8-14(17(15)20-12)18(22)21-11-5-7-13-6-2-3-10-16(13)21/h2-4,6,8-10H,5,7,11H2,1H3,(H,19,20). The number of nitrogens with zero attached hydrogens (tertiary/aromatic N) is 2. The van der Waals surface area contributed by atoms with Crippen molar-refractivity contribution in [3.63, 3.8) is 0 Å². The van der Waals surface area contributed by atoms with E-state index in [1.165, 1.54) is 5.56 Å². The summed E-state index contributed by atoms with van der Waals surface area (Å²) in [6.45, 7) is 2.67. The maximum Gasteiger partial charge on any atom is 0.260 e. The number of carbonyl (C=O) groups excluding carboxylic acids is 1. The topological polar surface area (TPSA) is 49.0 Å². The van der Waals surface area contributed by atoms with Gasteiger partial charge in [-0.25, -0.2) is 4.98 Å². The lowest BCUT2D eigenvalue weighted by Crippen LogP contribution is -2.35. The molecule has 2 heterocycles. The van der Waals surface area contributed by atoms with Crippen molar-refractivity contribution in [2.75, 3.05) is 11.4 Å². The zero-order valence-corrected chi connectivity index (χ0v) is 12.5. The first-order valence-electron chi connectivity index (χ1n) is 7.59. The van der Waals surface area contributed by atoms with Crippen molar-refractivity contribution >= 4 is 22.6 Å². The highest BCUT2D eigenvalue weighted by Gasteiger charge is 2.25. The van der Waals surface area contributed by atoms with Crippen LogP contribution in [0.15, 0.2) is 42.5 Å². The number of benzene rings is 2. The van der Waals surface area contributed by atoms with Crippen molar-refractivity contribution in [3.05, 3.63) is 59.4 Å². The van der Waals surface area contributed by atoms with Crippen LogP contribution >= 0.6 is 0 Å². The van der Waals surface area contributed by atoms with E-state index in [9.17, 15) is 4.79 Å². The smallest absolute Gasteiger partial charge is 0.260 e. The molecule has 0 saturated carbocycles. The van der Waals surface area contributed by atoms with Crippen LogP contribution in [-0.2, 0) is 6.42 Å². The van der Waals surface area contributed by atoms with Crippen LogP contribution in [0.2, 0.25) is 0 Å². The van der Waals surface area contributed by atoms with Gasteiger partial charge in [-0.05, 0) is 43.5 Å². The number of aryl methyl sites for hydroxylation is 2. The largest absolute Gasteiger partial charge is 0.342 e. The number of carbonyl (C=O) groups is 1. The summed E-state index contributed by atoms with van der Waals surface area (Å²) in [4.78, 5) is 22.6. The Bertz CT molecular complexity index is 866. The van der Waals surface area contributed by atoms with Crippen molar-refractivity contribution in [1.82, 2.24) is 9.97 Å². The molecule has 22 heavy (non-hydrogen) atoms. The van der Waals surface area contributed by atoms with Gasteiger partial charge in [0.2, 0.25) is 0 Å². The van der Waals surface area contributed by atoms with Crippen LogP contribution in [0.3, 0.4) is 0 Å². The van der Waals surface area contributed by atoms with Gasteiger partial charge in [0.1, 0.15) is 11.3 Å². The van der Waals surface area contributed by atoms with Gasteiger partial charge in [0, 0.05) is 12.2 Å². The molecule has 0 spiro atoms. The number of amides is 1. The normalized spacial score (nSPS) is 14.1. The second-order valence-electron chi connectivity index (χ2n) is 5.71. The van der Waals surface area contributed by atoms with E-state index >= 15 is 0 Å². The molecular formula is C18H17N3O. The number of anilines is 1. The SMILES string of the molecule is Cc1nc2c(C(=O)N3CCCc4ccccc43)cccc2[nH]1. The first kappa shape index (κ1) is 13.1. The van der Waals surface area contributed by atoms with Gasteiger partial charge in [-0.3, -0.25) is 4.79 Å². The first-order chi connectivity index (χ1) is 10.7. The third kappa shape index (κ3) is 1.99. The van der Waals surface area contributed by atoms with Crippen LogP contribution in [0, 0.1) is 6.92 Å². The molecule has 1 N–H and O–H groups in total. The Kier molecular flexibility index (Phi) is 2.96. The Morgan fingerprint density at radius 2 is 2.05 bits per heavy atom. The number of para-hydroxylation sites is 2. The van der Waals surface area contributed by atoms with Crippen LogP contribution in [0.5, 0.6) is 0 Å². The fourth-order valence-corrected chi connectivity index (χ4v) is 3.22. The van der Waals surface area contributed by atoms with E-state index in [4.69, 9.17) is 0 Å².